The highest BCUT2D eigenvalue weighted by Crippen LogP contribution is 2.41. The number of benzene rings is 6. The average molecular weight is 1680 g/mol. The smallest absolute Gasteiger partial charge is 0.330 e. The van der Waals surface area contributed by atoms with Crippen LogP contribution in [-0.4, -0.2) is 138 Å². The fourth-order valence-corrected chi connectivity index (χ4v) is 15.9. The molecule has 119 heavy (non-hydrogen) atoms. The molecule has 0 radical (unpaired) electrons. The number of amidine groups is 1. The predicted molar refractivity (Wildman–Crippen MR) is 481 cm³/mol. The highest BCUT2D eigenvalue weighted by Gasteiger charge is 2.27. The van der Waals surface area contributed by atoms with Crippen molar-refractivity contribution in [1.29, 1.82) is 15.8 Å². The van der Waals surface area contributed by atoms with Crippen LogP contribution >= 0.6 is 35.3 Å². The van der Waals surface area contributed by atoms with Gasteiger partial charge in [-0.15, -0.1) is 23.5 Å². The second-order valence-electron chi connectivity index (χ2n) is 27.4. The van der Waals surface area contributed by atoms with Gasteiger partial charge in [-0.1, -0.05) is 72.3 Å². The Labute approximate surface area is 708 Å². The van der Waals surface area contributed by atoms with Crippen molar-refractivity contribution in [2.24, 2.45) is 41.4 Å². The summed E-state index contributed by atoms with van der Waals surface area (Å²) in [4.78, 5) is 68.2. The topological polar surface area (TPSA) is 370 Å². The van der Waals surface area contributed by atoms with E-state index in [0.29, 0.717) is 134 Å². The summed E-state index contributed by atoms with van der Waals surface area (Å²) in [6.45, 7) is 22.1. The molecule has 6 aromatic carbocycles. The van der Waals surface area contributed by atoms with Gasteiger partial charge < -0.3 is 45.2 Å². The Morgan fingerprint density at radius 2 is 0.782 bits per heavy atom. The van der Waals surface area contributed by atoms with Gasteiger partial charge in [-0.25, -0.2) is 29.4 Å². The van der Waals surface area contributed by atoms with Gasteiger partial charge in [0.2, 0.25) is 12.2 Å². The van der Waals surface area contributed by atoms with Crippen LogP contribution in [-0.2, 0) is 58.5 Å². The lowest BCUT2D eigenvalue weighted by Gasteiger charge is -2.24. The first-order valence-electron chi connectivity index (χ1n) is 37.9. The molecule has 0 amide bonds. The fourth-order valence-electron chi connectivity index (χ4n) is 14.6. The summed E-state index contributed by atoms with van der Waals surface area (Å²) in [6.07, 6.45) is 13.2. The van der Waals surface area contributed by atoms with Crippen molar-refractivity contribution in [2.45, 2.75) is 128 Å². The highest BCUT2D eigenvalue weighted by molar-refractivity contribution is 8.38. The van der Waals surface area contributed by atoms with Crippen molar-refractivity contribution in [3.05, 3.63) is 206 Å². The number of hydrogen-bond acceptors (Lipinski definition) is 23. The molecule has 3 aliphatic heterocycles. The normalized spacial score (nSPS) is 12.3. The first kappa shape index (κ1) is 94.2. The highest BCUT2D eigenvalue weighted by atomic mass is 32.2. The van der Waals surface area contributed by atoms with Crippen molar-refractivity contribution < 1.29 is 28.4 Å². The standard InChI is InChI=1S/C28H33N7O3.C28H32N6O3S.C25H30N4O3.C4H6N2S2.CH5N.CH4/c1-17-11-18(2)26(19(3)12-17)33-25-15-22-21-14-24(38-6)23(37-5)13-20(21)7-9-34(22)28(36)35(25)10-8-31-27(30-4)32-16-29;1-17-11-18(2)26(19(3)12-17)32-25-15-22-21-14-24(37-5)23(36-4)13-20(21)7-9-33(22)28(35)34(25)10-8-30-27(38-6)31-16-29;1-15-10-16(2)24(17(3)11-15)27-23-14-20-19-13-22(32-5)21(31-4)12-18(19)6-8-28(20)25(30)29(23)9-7-26;1-7-4(8-2)6-3-5;1-2;/h11-15H,7-10H2,1-6H3,(H2,30,31,32);11-15H,7-10H2,1-6H3,(H,30,31);10-14H,6-9,26H2,1-5H3;1-2H3;2H2,1H3;1H4. The van der Waals surface area contributed by atoms with Crippen LogP contribution in [0.5, 0.6) is 34.5 Å². The molecular weight excluding hydrogens is 1570 g/mol. The van der Waals surface area contributed by atoms with Crippen LogP contribution in [0.2, 0.25) is 0 Å². The molecule has 29 nitrogen and oxygen atoms in total. The number of rotatable bonds is 17. The average Bonchev–Trinajstić information content (AvgIpc) is 0.759. The van der Waals surface area contributed by atoms with Gasteiger partial charge in [0.05, 0.1) is 83.3 Å². The Kier molecular flexibility index (Phi) is 35.2. The van der Waals surface area contributed by atoms with Crippen molar-refractivity contribution >= 4 is 67.9 Å². The molecule has 0 saturated heterocycles. The van der Waals surface area contributed by atoms with E-state index in [4.69, 9.17) is 64.9 Å². The summed E-state index contributed by atoms with van der Waals surface area (Å²) in [5.41, 5.74) is 32.5. The first-order chi connectivity index (χ1) is 56.8. The maximum absolute atomic E-state index is 13.9. The summed E-state index contributed by atoms with van der Waals surface area (Å²) in [6, 6.07) is 30.3. The molecule has 9 aromatic rings. The van der Waals surface area contributed by atoms with E-state index >= 15 is 0 Å². The van der Waals surface area contributed by atoms with Crippen molar-refractivity contribution in [2.75, 3.05) is 95.2 Å². The molecule has 630 valence electrons. The zero-order chi connectivity index (χ0) is 86.2. The largest absolute Gasteiger partial charge is 0.493 e. The number of fused-ring (bicyclic) bond motifs is 9. The third-order valence-electron chi connectivity index (χ3n) is 19.7. The zero-order valence-electron chi connectivity index (χ0n) is 70.9. The molecule has 0 fully saturated rings. The van der Waals surface area contributed by atoms with Gasteiger partial charge in [0.15, 0.2) is 52.1 Å². The summed E-state index contributed by atoms with van der Waals surface area (Å²) in [5, 5.41) is 34.5. The lowest BCUT2D eigenvalue weighted by Crippen LogP contribution is -2.45. The minimum atomic E-state index is -0.158. The van der Waals surface area contributed by atoms with E-state index in [2.05, 4.69) is 93.8 Å². The Hall–Kier alpha value is -12.0. The number of ether oxygens (including phenoxy) is 6. The second-order valence-corrected chi connectivity index (χ2v) is 30.0. The summed E-state index contributed by atoms with van der Waals surface area (Å²) >= 11 is 4.32. The molecule has 0 aliphatic carbocycles. The number of nitrogens with zero attached hydrogens (tertiary/aromatic N) is 15. The molecule has 6 heterocycles. The van der Waals surface area contributed by atoms with E-state index in [1.807, 2.05) is 127 Å². The molecule has 0 unspecified atom stereocenters. The number of aliphatic imine (C=N–C) groups is 3. The van der Waals surface area contributed by atoms with Crippen LogP contribution in [0.3, 0.4) is 0 Å². The van der Waals surface area contributed by atoms with E-state index < -0.39 is 0 Å². The van der Waals surface area contributed by atoms with Crippen LogP contribution in [0.1, 0.15) is 74.2 Å². The number of guanidine groups is 1. The van der Waals surface area contributed by atoms with Gasteiger partial charge in [0.25, 0.3) is 0 Å². The van der Waals surface area contributed by atoms with Crippen LogP contribution in [0.15, 0.2) is 135 Å². The molecule has 3 aliphatic rings. The Morgan fingerprint density at radius 3 is 1.06 bits per heavy atom. The number of nitrogens with two attached hydrogens (primary N) is 2. The number of methoxy groups -OCH3 is 6. The number of nitriles is 3. The summed E-state index contributed by atoms with van der Waals surface area (Å²) in [7, 11) is 12.8. The maximum Gasteiger partial charge on any atom is 0.330 e. The minimum absolute atomic E-state index is 0. The van der Waals surface area contributed by atoms with Gasteiger partial charge >= 0.3 is 17.1 Å². The molecule has 12 rings (SSSR count). The van der Waals surface area contributed by atoms with E-state index in [1.165, 1.54) is 47.9 Å². The van der Waals surface area contributed by atoms with Crippen molar-refractivity contribution in [3.63, 3.8) is 0 Å². The Morgan fingerprint density at radius 1 is 0.462 bits per heavy atom. The van der Waals surface area contributed by atoms with Crippen LogP contribution in [0.25, 0.3) is 33.8 Å². The first-order valence-corrected chi connectivity index (χ1v) is 41.6. The summed E-state index contributed by atoms with van der Waals surface area (Å²) < 4.78 is 44.3. The molecule has 0 bridgehead atoms. The lowest BCUT2D eigenvalue weighted by atomic mass is 9.97. The maximum atomic E-state index is 13.9. The number of thioether (sulfide) groups is 3. The fraction of sp³-hybridized carbons (Fsp3) is 0.379. The Balaban J connectivity index is 0.000000232. The minimum Gasteiger partial charge on any atom is -0.493 e. The SMILES string of the molecule is C.CN.CN=C(NC#N)NCCn1c(=Nc2c(C)cc(C)cc2C)cc2n(c1=O)CCc1cc(OC)c(OC)cc1-2.COc1cc2c(cc1OC)-c1cc(=Nc3c(C)cc(C)cc3C)n(CCN)c(=O)n1CC2.COc1cc2c(cc1OC)-c1cc(=Nc3c(C)cc(C)cc3C)n(CCN=C(NC#N)SC)c(=O)n1CC2.CSC(=NC#N)SC. The van der Waals surface area contributed by atoms with Crippen molar-refractivity contribution in [3.8, 4) is 86.8 Å². The van der Waals surface area contributed by atoms with Gasteiger partial charge in [-0.05, 0) is 194 Å². The van der Waals surface area contributed by atoms with Gasteiger partial charge in [0, 0.05) is 94.3 Å². The molecule has 32 heteroatoms. The zero-order valence-corrected chi connectivity index (χ0v) is 73.4. The number of nitrogens with one attached hydrogen (secondary N) is 3. The van der Waals surface area contributed by atoms with Crippen LogP contribution < -0.4 is 89.4 Å². The molecule has 7 N–H and O–H groups in total. The molecule has 0 atom stereocenters. The van der Waals surface area contributed by atoms with Gasteiger partial charge in [-0.3, -0.25) is 48.0 Å². The van der Waals surface area contributed by atoms with E-state index in [1.54, 1.807) is 83.3 Å². The van der Waals surface area contributed by atoms with E-state index in [9.17, 15) is 14.4 Å². The van der Waals surface area contributed by atoms with E-state index in [0.717, 1.165) is 123 Å². The number of hydrogen-bond donors (Lipinski definition) is 5. The molecule has 3 aromatic heterocycles. The van der Waals surface area contributed by atoms with Crippen LogP contribution in [0, 0.1) is 96.7 Å². The third kappa shape index (κ3) is 22.3. The van der Waals surface area contributed by atoms with Gasteiger partial charge in [-0.2, -0.15) is 20.8 Å². The van der Waals surface area contributed by atoms with E-state index in [-0.39, 0.29) is 24.5 Å². The molecule has 0 spiro atoms. The lowest BCUT2D eigenvalue weighted by molar-refractivity contribution is 0.354. The number of aromatic nitrogens is 6. The van der Waals surface area contributed by atoms with Gasteiger partial charge in [0.1, 0.15) is 20.8 Å². The molecular formula is C87H110N20O9S3. The quantitative estimate of drug-likeness (QED) is 0.0245. The van der Waals surface area contributed by atoms with Crippen LogP contribution in [0.4, 0.5) is 17.1 Å². The predicted octanol–water partition coefficient (Wildman–Crippen LogP) is 11.3. The Bertz CT molecular complexity index is 5790. The molecule has 0 saturated carbocycles. The monoisotopic (exact) mass is 1670 g/mol. The third-order valence-corrected chi connectivity index (χ3v) is 22.2. The van der Waals surface area contributed by atoms with Crippen molar-refractivity contribution in [1.82, 2.24) is 43.4 Å². The summed E-state index contributed by atoms with van der Waals surface area (Å²) in [5.74, 6) is 4.20. The number of aryl methyl sites for hydroxylation is 12. The second kappa shape index (κ2) is 44.5.